The summed E-state index contributed by atoms with van der Waals surface area (Å²) < 4.78 is 10.4. The summed E-state index contributed by atoms with van der Waals surface area (Å²) >= 11 is 0. The molecule has 3 rings (SSSR count). The first-order chi connectivity index (χ1) is 13.1. The van der Waals surface area contributed by atoms with Crippen LogP contribution in [0, 0.1) is 6.92 Å². The van der Waals surface area contributed by atoms with E-state index in [4.69, 9.17) is 9.47 Å². The Morgan fingerprint density at radius 1 is 1.00 bits per heavy atom. The van der Waals surface area contributed by atoms with E-state index in [1.54, 1.807) is 7.11 Å². The van der Waals surface area contributed by atoms with Crippen molar-refractivity contribution in [2.75, 3.05) is 32.7 Å². The van der Waals surface area contributed by atoms with Crippen molar-refractivity contribution in [1.82, 2.24) is 4.90 Å². The van der Waals surface area contributed by atoms with Crippen molar-refractivity contribution in [3.05, 3.63) is 65.4 Å². The summed E-state index contributed by atoms with van der Waals surface area (Å²) in [5.41, 5.74) is 2.92. The van der Waals surface area contributed by atoms with Crippen molar-refractivity contribution in [3.63, 3.8) is 0 Å². The van der Waals surface area contributed by atoms with E-state index < -0.39 is 0 Å². The van der Waals surface area contributed by atoms with Gasteiger partial charge in [0.2, 0.25) is 0 Å². The third-order valence-electron chi connectivity index (χ3n) is 4.36. The van der Waals surface area contributed by atoms with Crippen molar-refractivity contribution in [3.8, 4) is 5.75 Å². The van der Waals surface area contributed by atoms with Gasteiger partial charge in [0.1, 0.15) is 11.4 Å². The van der Waals surface area contributed by atoms with Crippen LogP contribution in [0.2, 0.25) is 0 Å². The second kappa shape index (κ2) is 8.05. The van der Waals surface area contributed by atoms with Gasteiger partial charge in [0, 0.05) is 7.11 Å². The molecule has 27 heavy (non-hydrogen) atoms. The normalized spacial score (nSPS) is 14.1. The van der Waals surface area contributed by atoms with Gasteiger partial charge in [0.15, 0.2) is 0 Å². The van der Waals surface area contributed by atoms with Gasteiger partial charge in [-0.25, -0.2) is 0 Å². The number of hydrogen-bond donors (Lipinski definition) is 1. The predicted octanol–water partition coefficient (Wildman–Crippen LogP) is 2.84. The van der Waals surface area contributed by atoms with Crippen LogP contribution in [0.1, 0.15) is 11.1 Å². The lowest BCUT2D eigenvalue weighted by Gasteiger charge is -2.15. The minimum absolute atomic E-state index is 0.195. The van der Waals surface area contributed by atoms with Gasteiger partial charge in [-0.3, -0.25) is 14.5 Å². The smallest absolute Gasteiger partial charge is 0.278 e. The van der Waals surface area contributed by atoms with E-state index in [1.807, 2.05) is 55.5 Å². The number of amides is 2. The van der Waals surface area contributed by atoms with Crippen molar-refractivity contribution in [2.45, 2.75) is 6.92 Å². The molecule has 2 aromatic rings. The summed E-state index contributed by atoms with van der Waals surface area (Å²) in [5.74, 6) is -0.118. The summed E-state index contributed by atoms with van der Waals surface area (Å²) in [6.45, 7) is 2.42. The molecule has 2 amide bonds. The molecule has 1 heterocycles. The fourth-order valence-electron chi connectivity index (χ4n) is 3.00. The van der Waals surface area contributed by atoms with Crippen molar-refractivity contribution < 1.29 is 19.1 Å². The van der Waals surface area contributed by atoms with E-state index in [0.717, 1.165) is 5.56 Å². The summed E-state index contributed by atoms with van der Waals surface area (Å²) in [5, 5.41) is 3.14. The number of anilines is 1. The number of benzene rings is 2. The zero-order valence-corrected chi connectivity index (χ0v) is 15.6. The molecule has 0 spiro atoms. The van der Waals surface area contributed by atoms with Crippen molar-refractivity contribution in [1.29, 1.82) is 0 Å². The van der Waals surface area contributed by atoms with Crippen LogP contribution in [0.25, 0.3) is 5.57 Å². The molecule has 0 bridgehead atoms. The molecule has 0 atom stereocenters. The zero-order valence-electron chi connectivity index (χ0n) is 15.6. The highest BCUT2D eigenvalue weighted by Crippen LogP contribution is 2.33. The van der Waals surface area contributed by atoms with Gasteiger partial charge >= 0.3 is 0 Å². The number of nitrogens with one attached hydrogen (secondary N) is 1. The van der Waals surface area contributed by atoms with Crippen LogP contribution in [0.15, 0.2) is 54.2 Å². The Morgan fingerprint density at radius 3 is 2.41 bits per heavy atom. The lowest BCUT2D eigenvalue weighted by molar-refractivity contribution is -0.137. The second-order valence-electron chi connectivity index (χ2n) is 6.20. The fraction of sp³-hybridized carbons (Fsp3) is 0.238. The molecule has 0 fully saturated rings. The third kappa shape index (κ3) is 3.71. The van der Waals surface area contributed by atoms with E-state index in [1.165, 1.54) is 12.0 Å². The molecule has 6 nitrogen and oxygen atoms in total. The number of carbonyl (C=O) groups is 2. The maximum atomic E-state index is 13.0. The molecule has 0 aliphatic carbocycles. The van der Waals surface area contributed by atoms with E-state index in [0.29, 0.717) is 22.6 Å². The number of nitrogens with zero attached hydrogens (tertiary/aromatic N) is 1. The van der Waals surface area contributed by atoms with Crippen LogP contribution in [-0.2, 0) is 14.3 Å². The standard InChI is InChI=1S/C21H22N2O4/c1-14-9-10-17(27-3)16(13-14)22-19-18(15-7-5-4-6-8-15)20(24)23(21(19)25)11-12-26-2/h4-10,13,22H,11-12H2,1-3H3. The molecule has 0 saturated heterocycles. The Balaban J connectivity index is 2.07. The van der Waals surface area contributed by atoms with Gasteiger partial charge in [0.25, 0.3) is 11.8 Å². The maximum Gasteiger partial charge on any atom is 0.278 e. The minimum atomic E-state index is -0.375. The monoisotopic (exact) mass is 366 g/mol. The van der Waals surface area contributed by atoms with Gasteiger partial charge in [0.05, 0.1) is 31.5 Å². The molecule has 0 unspecified atom stereocenters. The average Bonchev–Trinajstić information content (AvgIpc) is 2.91. The Kier molecular flexibility index (Phi) is 5.57. The van der Waals surface area contributed by atoms with Gasteiger partial charge in [-0.2, -0.15) is 0 Å². The molecule has 1 aliphatic rings. The molecule has 0 radical (unpaired) electrons. The van der Waals surface area contributed by atoms with E-state index in [9.17, 15) is 9.59 Å². The molecule has 140 valence electrons. The predicted molar refractivity (Wildman–Crippen MR) is 103 cm³/mol. The maximum absolute atomic E-state index is 13.0. The SMILES string of the molecule is COCCN1C(=O)C(Nc2cc(C)ccc2OC)=C(c2ccccc2)C1=O. The van der Waals surface area contributed by atoms with Crippen LogP contribution < -0.4 is 10.1 Å². The topological polar surface area (TPSA) is 67.9 Å². The summed E-state index contributed by atoms with van der Waals surface area (Å²) in [4.78, 5) is 27.2. The van der Waals surface area contributed by atoms with Crippen molar-refractivity contribution >= 4 is 23.1 Å². The third-order valence-corrected chi connectivity index (χ3v) is 4.36. The first-order valence-corrected chi connectivity index (χ1v) is 8.63. The van der Waals surface area contributed by atoms with Gasteiger partial charge in [-0.05, 0) is 30.2 Å². The summed E-state index contributed by atoms with van der Waals surface area (Å²) in [6.07, 6.45) is 0. The minimum Gasteiger partial charge on any atom is -0.495 e. The molecule has 0 aromatic heterocycles. The molecule has 6 heteroatoms. The first-order valence-electron chi connectivity index (χ1n) is 8.63. The molecular weight excluding hydrogens is 344 g/mol. The molecule has 1 N–H and O–H groups in total. The first kappa shape index (κ1) is 18.7. The Bertz CT molecular complexity index is 890. The lowest BCUT2D eigenvalue weighted by Crippen LogP contribution is -2.35. The van der Waals surface area contributed by atoms with Crippen LogP contribution in [0.3, 0.4) is 0 Å². The summed E-state index contributed by atoms with van der Waals surface area (Å²) in [7, 11) is 3.10. The van der Waals surface area contributed by atoms with Crippen LogP contribution in [-0.4, -0.2) is 44.1 Å². The van der Waals surface area contributed by atoms with Gasteiger partial charge in [-0.15, -0.1) is 0 Å². The molecule has 2 aromatic carbocycles. The van der Waals surface area contributed by atoms with Crippen LogP contribution >= 0.6 is 0 Å². The molecule has 1 aliphatic heterocycles. The van der Waals surface area contributed by atoms with E-state index >= 15 is 0 Å². The second-order valence-corrected chi connectivity index (χ2v) is 6.20. The Labute approximate surface area is 158 Å². The van der Waals surface area contributed by atoms with Crippen molar-refractivity contribution in [2.24, 2.45) is 0 Å². The van der Waals surface area contributed by atoms with Crippen LogP contribution in [0.4, 0.5) is 5.69 Å². The number of carbonyl (C=O) groups excluding carboxylic acids is 2. The number of imide groups is 1. The highest BCUT2D eigenvalue weighted by Gasteiger charge is 2.39. The highest BCUT2D eigenvalue weighted by molar-refractivity contribution is 6.36. The zero-order chi connectivity index (χ0) is 19.4. The van der Waals surface area contributed by atoms with Crippen LogP contribution in [0.5, 0.6) is 5.75 Å². The Morgan fingerprint density at radius 2 is 1.74 bits per heavy atom. The number of aryl methyl sites for hydroxylation is 1. The Hall–Kier alpha value is -3.12. The average molecular weight is 366 g/mol. The van der Waals surface area contributed by atoms with E-state index in [-0.39, 0.29) is 30.7 Å². The summed E-state index contributed by atoms with van der Waals surface area (Å²) in [6, 6.07) is 14.8. The highest BCUT2D eigenvalue weighted by atomic mass is 16.5. The fourth-order valence-corrected chi connectivity index (χ4v) is 3.00. The molecule has 0 saturated carbocycles. The van der Waals surface area contributed by atoms with Gasteiger partial charge in [-0.1, -0.05) is 36.4 Å². The number of hydrogen-bond acceptors (Lipinski definition) is 5. The number of rotatable bonds is 7. The quantitative estimate of drug-likeness (QED) is 0.763. The number of methoxy groups -OCH3 is 2. The largest absolute Gasteiger partial charge is 0.495 e. The van der Waals surface area contributed by atoms with E-state index in [2.05, 4.69) is 5.32 Å². The van der Waals surface area contributed by atoms with Gasteiger partial charge < -0.3 is 14.8 Å². The molecular formula is C21H22N2O4. The lowest BCUT2D eigenvalue weighted by atomic mass is 10.0. The number of ether oxygens (including phenoxy) is 2.